The average Bonchev–Trinajstić information content (AvgIpc) is 2.38. The Balaban J connectivity index is 2.43. The zero-order valence-corrected chi connectivity index (χ0v) is 11.8. The van der Waals surface area contributed by atoms with E-state index in [9.17, 15) is 0 Å². The summed E-state index contributed by atoms with van der Waals surface area (Å²) in [5.74, 6) is 1.89. The monoisotopic (exact) mass is 254 g/mol. The van der Waals surface area contributed by atoms with Crippen molar-refractivity contribution in [3.05, 3.63) is 11.4 Å². The largest absolute Gasteiger partial charge is 0.353 e. The van der Waals surface area contributed by atoms with Gasteiger partial charge in [0.15, 0.2) is 0 Å². The number of hydrogen-bond acceptors (Lipinski definition) is 5. The molecule has 0 aromatic carbocycles. The van der Waals surface area contributed by atoms with Crippen molar-refractivity contribution in [2.75, 3.05) is 23.9 Å². The highest BCUT2D eigenvalue weighted by molar-refractivity contribution is 7.98. The molecule has 0 saturated heterocycles. The molecule has 1 aromatic rings. The van der Waals surface area contributed by atoms with Crippen molar-refractivity contribution in [1.82, 2.24) is 15.2 Å². The molecule has 0 radical (unpaired) electrons. The van der Waals surface area contributed by atoms with Gasteiger partial charge in [-0.25, -0.2) is 4.98 Å². The van der Waals surface area contributed by atoms with Gasteiger partial charge < -0.3 is 5.32 Å². The van der Waals surface area contributed by atoms with Gasteiger partial charge in [0, 0.05) is 6.54 Å². The fourth-order valence-electron chi connectivity index (χ4n) is 1.58. The van der Waals surface area contributed by atoms with Crippen LogP contribution in [-0.4, -0.2) is 33.7 Å². The van der Waals surface area contributed by atoms with Gasteiger partial charge >= 0.3 is 0 Å². The minimum atomic E-state index is 0.670. The Morgan fingerprint density at radius 2 is 1.82 bits per heavy atom. The molecule has 0 aliphatic rings. The van der Waals surface area contributed by atoms with Crippen molar-refractivity contribution in [2.24, 2.45) is 0 Å². The van der Waals surface area contributed by atoms with E-state index in [-0.39, 0.29) is 0 Å². The highest BCUT2D eigenvalue weighted by Gasteiger charge is 2.05. The Kier molecular flexibility index (Phi) is 6.93. The van der Waals surface area contributed by atoms with Crippen molar-refractivity contribution in [2.45, 2.75) is 39.5 Å². The number of aryl methyl sites for hydroxylation is 2. The molecule has 1 rings (SSSR count). The molecule has 0 fully saturated rings. The second-order valence-electron chi connectivity index (χ2n) is 3.86. The maximum absolute atomic E-state index is 4.49. The van der Waals surface area contributed by atoms with Gasteiger partial charge in [-0.05, 0) is 37.7 Å². The van der Waals surface area contributed by atoms with Crippen LogP contribution in [-0.2, 0) is 12.8 Å². The maximum Gasteiger partial charge on any atom is 0.242 e. The van der Waals surface area contributed by atoms with Gasteiger partial charge in [-0.3, -0.25) is 0 Å². The summed E-state index contributed by atoms with van der Waals surface area (Å²) in [4.78, 5) is 4.49. The molecule has 96 valence electrons. The summed E-state index contributed by atoms with van der Waals surface area (Å²) in [5, 5.41) is 11.5. The lowest BCUT2D eigenvalue weighted by molar-refractivity contribution is 0.795. The first-order valence-electron chi connectivity index (χ1n) is 6.27. The van der Waals surface area contributed by atoms with Crippen LogP contribution in [0.3, 0.4) is 0 Å². The van der Waals surface area contributed by atoms with E-state index >= 15 is 0 Å². The number of nitrogens with one attached hydrogen (secondary N) is 1. The highest BCUT2D eigenvalue weighted by atomic mass is 32.2. The molecule has 1 aromatic heterocycles. The summed E-state index contributed by atoms with van der Waals surface area (Å²) in [6.07, 6.45) is 6.34. The number of aromatic nitrogens is 3. The fraction of sp³-hybridized carbons (Fsp3) is 0.750. The molecule has 0 bridgehead atoms. The molecular weight excluding hydrogens is 232 g/mol. The molecule has 4 nitrogen and oxygen atoms in total. The van der Waals surface area contributed by atoms with Crippen molar-refractivity contribution >= 4 is 17.7 Å². The summed E-state index contributed by atoms with van der Waals surface area (Å²) < 4.78 is 0. The van der Waals surface area contributed by atoms with E-state index in [1.54, 1.807) is 0 Å². The minimum absolute atomic E-state index is 0.670. The van der Waals surface area contributed by atoms with Crippen LogP contribution in [0.4, 0.5) is 5.95 Å². The standard InChI is InChI=1S/C12H22N4S/c1-4-10-11(5-2)15-16-12(14-10)13-8-6-7-9-17-3/h4-9H2,1-3H3,(H,13,14,16). The first-order valence-corrected chi connectivity index (χ1v) is 7.66. The van der Waals surface area contributed by atoms with Crippen LogP contribution in [0, 0.1) is 0 Å². The molecule has 1 heterocycles. The molecular formula is C12H22N4S. The number of anilines is 1. The van der Waals surface area contributed by atoms with Crippen LogP contribution in [0.2, 0.25) is 0 Å². The average molecular weight is 254 g/mol. The van der Waals surface area contributed by atoms with Crippen molar-refractivity contribution in [3.63, 3.8) is 0 Å². The molecule has 0 aliphatic carbocycles. The van der Waals surface area contributed by atoms with Crippen LogP contribution in [0.5, 0.6) is 0 Å². The Morgan fingerprint density at radius 1 is 1.06 bits per heavy atom. The molecule has 1 N–H and O–H groups in total. The fourth-order valence-corrected chi connectivity index (χ4v) is 2.08. The first kappa shape index (κ1) is 14.2. The Labute approximate surface area is 108 Å². The zero-order valence-electron chi connectivity index (χ0n) is 11.0. The summed E-state index contributed by atoms with van der Waals surface area (Å²) in [6.45, 7) is 5.11. The smallest absolute Gasteiger partial charge is 0.242 e. The number of rotatable bonds is 8. The van der Waals surface area contributed by atoms with Crippen molar-refractivity contribution in [3.8, 4) is 0 Å². The van der Waals surface area contributed by atoms with E-state index in [0.29, 0.717) is 5.95 Å². The number of thioether (sulfide) groups is 1. The maximum atomic E-state index is 4.49. The molecule has 17 heavy (non-hydrogen) atoms. The van der Waals surface area contributed by atoms with Crippen LogP contribution in [0.25, 0.3) is 0 Å². The summed E-state index contributed by atoms with van der Waals surface area (Å²) in [6, 6.07) is 0. The molecule has 5 heteroatoms. The molecule has 0 atom stereocenters. The highest BCUT2D eigenvalue weighted by Crippen LogP contribution is 2.07. The van der Waals surface area contributed by atoms with E-state index in [4.69, 9.17) is 0 Å². The predicted octanol–water partition coefficient (Wildman–Crippen LogP) is 2.55. The summed E-state index contributed by atoms with van der Waals surface area (Å²) in [5.41, 5.74) is 2.08. The SMILES string of the molecule is CCc1nnc(NCCCCSC)nc1CC. The lowest BCUT2D eigenvalue weighted by Gasteiger charge is -2.07. The second-order valence-corrected chi connectivity index (χ2v) is 4.85. The molecule has 0 aliphatic heterocycles. The Bertz CT molecular complexity index is 330. The zero-order chi connectivity index (χ0) is 12.5. The first-order chi connectivity index (χ1) is 8.31. The third-order valence-electron chi connectivity index (χ3n) is 2.57. The van der Waals surface area contributed by atoms with E-state index < -0.39 is 0 Å². The molecule has 0 saturated carbocycles. The number of hydrogen-bond donors (Lipinski definition) is 1. The molecule has 0 unspecified atom stereocenters. The third-order valence-corrected chi connectivity index (χ3v) is 3.26. The molecule has 0 amide bonds. The summed E-state index contributed by atoms with van der Waals surface area (Å²) >= 11 is 1.89. The van der Waals surface area contributed by atoms with Gasteiger partial charge in [0.1, 0.15) is 0 Å². The topological polar surface area (TPSA) is 50.7 Å². The summed E-state index contributed by atoms with van der Waals surface area (Å²) in [7, 11) is 0. The van der Waals surface area contributed by atoms with E-state index in [2.05, 4.69) is 40.6 Å². The van der Waals surface area contributed by atoms with Crippen LogP contribution >= 0.6 is 11.8 Å². The van der Waals surface area contributed by atoms with Crippen molar-refractivity contribution in [1.29, 1.82) is 0 Å². The lowest BCUT2D eigenvalue weighted by Crippen LogP contribution is -2.10. The quantitative estimate of drug-likeness (QED) is 0.723. The Hall–Kier alpha value is -0.840. The second kappa shape index (κ2) is 8.28. The van der Waals surface area contributed by atoms with E-state index in [1.165, 1.54) is 12.2 Å². The van der Waals surface area contributed by atoms with Gasteiger partial charge in [-0.15, -0.1) is 5.10 Å². The van der Waals surface area contributed by atoms with Gasteiger partial charge in [-0.2, -0.15) is 16.9 Å². The van der Waals surface area contributed by atoms with Crippen molar-refractivity contribution < 1.29 is 0 Å². The van der Waals surface area contributed by atoms with E-state index in [0.717, 1.165) is 37.2 Å². The Morgan fingerprint density at radius 3 is 2.47 bits per heavy atom. The lowest BCUT2D eigenvalue weighted by atomic mass is 10.2. The van der Waals surface area contributed by atoms with Crippen LogP contribution in [0.1, 0.15) is 38.1 Å². The third kappa shape index (κ3) is 4.89. The van der Waals surface area contributed by atoms with Gasteiger partial charge in [0.05, 0.1) is 11.4 Å². The normalized spacial score (nSPS) is 10.5. The van der Waals surface area contributed by atoms with Gasteiger partial charge in [0.2, 0.25) is 5.95 Å². The molecule has 0 spiro atoms. The van der Waals surface area contributed by atoms with Crippen LogP contribution < -0.4 is 5.32 Å². The predicted molar refractivity (Wildman–Crippen MR) is 74.7 cm³/mol. The number of unbranched alkanes of at least 4 members (excludes halogenated alkanes) is 1. The van der Waals surface area contributed by atoms with Crippen LogP contribution in [0.15, 0.2) is 0 Å². The minimum Gasteiger partial charge on any atom is -0.353 e. The van der Waals surface area contributed by atoms with E-state index in [1.807, 2.05) is 11.8 Å². The van der Waals surface area contributed by atoms with Gasteiger partial charge in [-0.1, -0.05) is 13.8 Å². The number of nitrogens with zero attached hydrogens (tertiary/aromatic N) is 3. The van der Waals surface area contributed by atoms with Gasteiger partial charge in [0.25, 0.3) is 0 Å².